The molecular weight excluding hydrogens is 637 g/mol. The van der Waals surface area contributed by atoms with Gasteiger partial charge in [-0.25, -0.2) is 9.97 Å². The molecule has 7 aromatic carbocycles. The molecule has 0 aliphatic heterocycles. The number of aromatic nitrogens is 2. The Balaban J connectivity index is 1.11. The van der Waals surface area contributed by atoms with Crippen LogP contribution in [0.5, 0.6) is 0 Å². The van der Waals surface area contributed by atoms with Crippen LogP contribution in [0.3, 0.4) is 0 Å². The molecule has 2 aromatic heterocycles. The van der Waals surface area contributed by atoms with Crippen LogP contribution in [0, 0.1) is 0 Å². The maximum absolute atomic E-state index is 5.27. The summed E-state index contributed by atoms with van der Waals surface area (Å²) in [6.45, 7) is 2.36. The molecule has 0 fully saturated rings. The van der Waals surface area contributed by atoms with Gasteiger partial charge in [0.05, 0.1) is 11.4 Å². The Bertz CT molecular complexity index is 2750. The Hall–Kier alpha value is -6.16. The zero-order valence-electron chi connectivity index (χ0n) is 28.0. The molecule has 0 radical (unpaired) electrons. The summed E-state index contributed by atoms with van der Waals surface area (Å²) < 4.78 is 2.64. The molecule has 2 nitrogen and oxygen atoms in total. The van der Waals surface area contributed by atoms with E-state index in [9.17, 15) is 0 Å². The van der Waals surface area contributed by atoms with Crippen molar-refractivity contribution in [3.05, 3.63) is 193 Å². The van der Waals surface area contributed by atoms with Crippen molar-refractivity contribution in [3.8, 4) is 56.2 Å². The van der Waals surface area contributed by atoms with Crippen LogP contribution < -0.4 is 0 Å². The van der Waals surface area contributed by atoms with Crippen LogP contribution in [-0.2, 0) is 5.41 Å². The van der Waals surface area contributed by atoms with Gasteiger partial charge in [-0.1, -0.05) is 158 Å². The lowest BCUT2D eigenvalue weighted by Gasteiger charge is -2.28. The molecule has 1 aliphatic rings. The summed E-state index contributed by atoms with van der Waals surface area (Å²) in [6, 6.07) is 63.2. The lowest BCUT2D eigenvalue weighted by Crippen LogP contribution is -2.22. The molecule has 1 unspecified atom stereocenters. The Morgan fingerprint density at radius 3 is 1.90 bits per heavy atom. The van der Waals surface area contributed by atoms with Gasteiger partial charge in [0.1, 0.15) is 0 Å². The fraction of sp³-hybridized carbons (Fsp3) is 0.0417. The molecule has 240 valence electrons. The van der Waals surface area contributed by atoms with Crippen LogP contribution in [0.25, 0.3) is 76.3 Å². The van der Waals surface area contributed by atoms with E-state index in [0.717, 1.165) is 33.9 Å². The van der Waals surface area contributed by atoms with Crippen molar-refractivity contribution in [3.63, 3.8) is 0 Å². The fourth-order valence-corrected chi connectivity index (χ4v) is 9.17. The predicted molar refractivity (Wildman–Crippen MR) is 214 cm³/mol. The van der Waals surface area contributed by atoms with Crippen molar-refractivity contribution in [1.29, 1.82) is 0 Å². The van der Waals surface area contributed by atoms with E-state index in [1.54, 1.807) is 0 Å². The fourth-order valence-electron chi connectivity index (χ4n) is 8.03. The second-order valence-corrected chi connectivity index (χ2v) is 14.6. The van der Waals surface area contributed by atoms with Crippen molar-refractivity contribution in [2.24, 2.45) is 0 Å². The first-order valence-corrected chi connectivity index (χ1v) is 18.2. The summed E-state index contributed by atoms with van der Waals surface area (Å²) >= 11 is 1.86. The number of nitrogens with zero attached hydrogens (tertiary/aromatic N) is 2. The van der Waals surface area contributed by atoms with Crippen molar-refractivity contribution in [1.82, 2.24) is 9.97 Å². The second-order valence-electron chi connectivity index (χ2n) is 13.5. The Morgan fingerprint density at radius 1 is 0.431 bits per heavy atom. The first kappa shape index (κ1) is 29.7. The molecule has 0 bridgehead atoms. The third kappa shape index (κ3) is 4.77. The maximum Gasteiger partial charge on any atom is 0.160 e. The monoisotopic (exact) mass is 668 g/mol. The number of hydrogen-bond acceptors (Lipinski definition) is 3. The van der Waals surface area contributed by atoms with Crippen LogP contribution in [0.15, 0.2) is 176 Å². The molecule has 0 amide bonds. The van der Waals surface area contributed by atoms with Gasteiger partial charge in [-0.2, -0.15) is 0 Å². The summed E-state index contributed by atoms with van der Waals surface area (Å²) in [5.41, 5.74) is 13.5. The summed E-state index contributed by atoms with van der Waals surface area (Å²) in [5.74, 6) is 0.720. The lowest BCUT2D eigenvalue weighted by atomic mass is 9.74. The van der Waals surface area contributed by atoms with E-state index in [1.807, 2.05) is 17.4 Å². The van der Waals surface area contributed by atoms with Gasteiger partial charge in [-0.3, -0.25) is 0 Å². The van der Waals surface area contributed by atoms with E-state index in [-0.39, 0.29) is 5.41 Å². The molecule has 51 heavy (non-hydrogen) atoms. The van der Waals surface area contributed by atoms with E-state index < -0.39 is 0 Å². The number of thiophene rings is 1. The summed E-state index contributed by atoms with van der Waals surface area (Å²) in [4.78, 5) is 10.4. The van der Waals surface area contributed by atoms with Gasteiger partial charge in [-0.15, -0.1) is 11.3 Å². The van der Waals surface area contributed by atoms with Crippen molar-refractivity contribution < 1.29 is 0 Å². The van der Waals surface area contributed by atoms with E-state index in [4.69, 9.17) is 9.97 Å². The van der Waals surface area contributed by atoms with Crippen LogP contribution in [-0.4, -0.2) is 9.97 Å². The minimum atomic E-state index is -0.282. The number of fused-ring (bicyclic) bond motifs is 6. The lowest BCUT2D eigenvalue weighted by molar-refractivity contribution is 0.714. The molecule has 9 aromatic rings. The van der Waals surface area contributed by atoms with Crippen LogP contribution in [0.1, 0.15) is 23.6 Å². The highest BCUT2D eigenvalue weighted by Gasteiger charge is 2.41. The van der Waals surface area contributed by atoms with Crippen LogP contribution in [0.2, 0.25) is 0 Å². The van der Waals surface area contributed by atoms with E-state index in [2.05, 4.69) is 177 Å². The average Bonchev–Trinajstić information content (AvgIpc) is 3.71. The summed E-state index contributed by atoms with van der Waals surface area (Å²) in [7, 11) is 0. The zero-order chi connectivity index (χ0) is 33.9. The van der Waals surface area contributed by atoms with E-state index in [0.29, 0.717) is 0 Å². The molecule has 3 heteroatoms. The quantitative estimate of drug-likeness (QED) is 0.182. The van der Waals surface area contributed by atoms with Crippen LogP contribution in [0.4, 0.5) is 0 Å². The van der Waals surface area contributed by atoms with Crippen molar-refractivity contribution in [2.75, 3.05) is 0 Å². The first-order chi connectivity index (χ1) is 25.1. The molecule has 0 saturated heterocycles. The van der Waals surface area contributed by atoms with Crippen LogP contribution >= 0.6 is 11.3 Å². The van der Waals surface area contributed by atoms with Crippen molar-refractivity contribution in [2.45, 2.75) is 12.3 Å². The minimum absolute atomic E-state index is 0.282. The molecule has 0 N–H and O–H groups in total. The Kier molecular flexibility index (Phi) is 6.83. The Morgan fingerprint density at radius 2 is 1.06 bits per heavy atom. The third-order valence-corrected chi connectivity index (χ3v) is 11.7. The summed E-state index contributed by atoms with van der Waals surface area (Å²) in [6.07, 6.45) is 0. The third-order valence-electron chi connectivity index (χ3n) is 10.6. The first-order valence-electron chi connectivity index (χ1n) is 17.4. The molecule has 0 saturated carbocycles. The largest absolute Gasteiger partial charge is 0.228 e. The number of benzene rings is 7. The van der Waals surface area contributed by atoms with Gasteiger partial charge in [-0.05, 0) is 64.1 Å². The highest BCUT2D eigenvalue weighted by molar-refractivity contribution is 7.25. The Labute approximate surface area is 301 Å². The van der Waals surface area contributed by atoms with E-state index in [1.165, 1.54) is 59.1 Å². The van der Waals surface area contributed by atoms with Gasteiger partial charge in [0.15, 0.2) is 5.82 Å². The maximum atomic E-state index is 5.27. The SMILES string of the molecule is CC1(c2ccccc2)c2ccccc2-c2c(-c3cc(-c4ccc(-c5ccc6c(c5)sc5ccccc56)cc4)nc(-c4ccccc4)n3)cccc21. The highest BCUT2D eigenvalue weighted by Crippen LogP contribution is 2.55. The molecule has 0 spiro atoms. The van der Waals surface area contributed by atoms with Crippen molar-refractivity contribution >= 4 is 31.5 Å². The number of rotatable bonds is 5. The second kappa shape index (κ2) is 11.7. The van der Waals surface area contributed by atoms with Gasteiger partial charge < -0.3 is 0 Å². The standard InChI is InChI=1S/C48H32N2S/c1-48(35-15-6-3-7-16-35)40-20-10-8-18-38(40)46-39(19-12-21-41(46)48)43-30-42(49-47(50-43)33-13-4-2-5-14-33)32-25-23-31(24-26-32)34-27-28-37-36-17-9-11-22-44(36)51-45(37)29-34/h2-30H,1H3. The van der Waals surface area contributed by atoms with Gasteiger partial charge in [0.25, 0.3) is 0 Å². The van der Waals surface area contributed by atoms with Gasteiger partial charge in [0, 0.05) is 42.3 Å². The predicted octanol–water partition coefficient (Wildman–Crippen LogP) is 12.8. The molecule has 1 atom stereocenters. The zero-order valence-corrected chi connectivity index (χ0v) is 28.9. The molecule has 10 rings (SSSR count). The molecular formula is C48H32N2S. The smallest absolute Gasteiger partial charge is 0.160 e. The minimum Gasteiger partial charge on any atom is -0.228 e. The van der Waals surface area contributed by atoms with E-state index >= 15 is 0 Å². The molecule has 1 aliphatic carbocycles. The normalized spacial score (nSPS) is 14.8. The summed E-state index contributed by atoms with van der Waals surface area (Å²) in [5, 5.41) is 2.64. The average molecular weight is 669 g/mol. The van der Waals surface area contributed by atoms with Gasteiger partial charge >= 0.3 is 0 Å². The highest BCUT2D eigenvalue weighted by atomic mass is 32.1. The topological polar surface area (TPSA) is 25.8 Å². The number of hydrogen-bond donors (Lipinski definition) is 0. The molecule has 2 heterocycles. The van der Waals surface area contributed by atoms with Gasteiger partial charge in [0.2, 0.25) is 0 Å².